The van der Waals surface area contributed by atoms with Crippen LogP contribution in [0, 0.1) is 5.92 Å². The van der Waals surface area contributed by atoms with Crippen LogP contribution in [0.15, 0.2) is 4.99 Å². The Balaban J connectivity index is 2.19. The fourth-order valence-corrected chi connectivity index (χ4v) is 3.54. The molecule has 0 saturated heterocycles. The molecular formula is C9H16N2O3S. The fourth-order valence-electron chi connectivity index (χ4n) is 2.12. The van der Waals surface area contributed by atoms with E-state index in [1.165, 1.54) is 11.8 Å². The Morgan fingerprint density at radius 1 is 1.33 bits per heavy atom. The second kappa shape index (κ2) is 3.93. The molecule has 3 N–H and O–H groups in total. The quantitative estimate of drug-likeness (QED) is 0.526. The van der Waals surface area contributed by atoms with E-state index in [1.807, 2.05) is 19.0 Å². The lowest BCUT2D eigenvalue weighted by Gasteiger charge is -2.19. The topological polar surface area (TPSA) is 76.3 Å². The Morgan fingerprint density at radius 2 is 2.00 bits per heavy atom. The van der Waals surface area contributed by atoms with E-state index in [2.05, 4.69) is 4.99 Å². The molecule has 1 saturated carbocycles. The second-order valence-electron chi connectivity index (χ2n) is 4.21. The first-order chi connectivity index (χ1) is 7.06. The van der Waals surface area contributed by atoms with Gasteiger partial charge in [-0.25, -0.2) is 0 Å². The molecular weight excluding hydrogens is 216 g/mol. The van der Waals surface area contributed by atoms with Crippen LogP contribution < -0.4 is 0 Å². The van der Waals surface area contributed by atoms with Gasteiger partial charge in [-0.2, -0.15) is 0 Å². The molecule has 0 aromatic carbocycles. The van der Waals surface area contributed by atoms with Gasteiger partial charge in [-0.05, 0) is 0 Å². The first kappa shape index (κ1) is 11.2. The smallest absolute Gasteiger partial charge is 0.159 e. The molecule has 1 heterocycles. The molecule has 0 spiro atoms. The summed E-state index contributed by atoms with van der Waals surface area (Å²) in [6.07, 6.45) is -1.71. The number of rotatable bonds is 1. The van der Waals surface area contributed by atoms with E-state index in [9.17, 15) is 15.3 Å². The third-order valence-corrected chi connectivity index (χ3v) is 4.57. The molecule has 1 aliphatic carbocycles. The number of aliphatic hydroxyl groups is 3. The van der Waals surface area contributed by atoms with Crippen molar-refractivity contribution in [1.29, 1.82) is 0 Å². The Kier molecular flexibility index (Phi) is 2.94. The monoisotopic (exact) mass is 232 g/mol. The summed E-state index contributed by atoms with van der Waals surface area (Å²) in [7, 11) is 3.79. The number of nitrogens with zero attached hydrogens (tertiary/aromatic N) is 2. The predicted octanol–water partition coefficient (Wildman–Crippen LogP) is -1.27. The number of thioether (sulfide) groups is 1. The molecule has 0 aromatic heterocycles. The standard InChI is InChI=1S/C9H16N2O3S/c1-11(2)9-10-5-7(14)6(13)4(3-12)8(5)15-9/h4-8,12-14H,3H2,1-2H3/t4-,5?,6-,7-,8?/m1/s1. The van der Waals surface area contributed by atoms with Crippen molar-refractivity contribution in [3.8, 4) is 0 Å². The van der Waals surface area contributed by atoms with Crippen LogP contribution in [-0.2, 0) is 0 Å². The van der Waals surface area contributed by atoms with Gasteiger partial charge in [0.15, 0.2) is 5.17 Å². The maximum Gasteiger partial charge on any atom is 0.159 e. The highest BCUT2D eigenvalue weighted by molar-refractivity contribution is 8.14. The molecule has 0 radical (unpaired) electrons. The number of aliphatic hydroxyl groups excluding tert-OH is 3. The SMILES string of the molecule is CN(C)C1=NC2C(S1)[C@H](CO)[C@@H](O)[C@@H]2O. The minimum Gasteiger partial charge on any atom is -0.396 e. The molecule has 1 fully saturated rings. The van der Waals surface area contributed by atoms with Gasteiger partial charge in [-0.3, -0.25) is 4.99 Å². The lowest BCUT2D eigenvalue weighted by atomic mass is 10.1. The molecule has 5 atom stereocenters. The average molecular weight is 232 g/mol. The second-order valence-corrected chi connectivity index (χ2v) is 5.35. The van der Waals surface area contributed by atoms with Crippen molar-refractivity contribution in [2.45, 2.75) is 23.5 Å². The summed E-state index contributed by atoms with van der Waals surface area (Å²) < 4.78 is 0. The van der Waals surface area contributed by atoms with Crippen molar-refractivity contribution in [3.63, 3.8) is 0 Å². The zero-order valence-electron chi connectivity index (χ0n) is 8.74. The van der Waals surface area contributed by atoms with Crippen molar-refractivity contribution in [2.75, 3.05) is 20.7 Å². The van der Waals surface area contributed by atoms with Gasteiger partial charge in [0.2, 0.25) is 0 Å². The summed E-state index contributed by atoms with van der Waals surface area (Å²) in [5.74, 6) is -0.281. The van der Waals surface area contributed by atoms with Crippen LogP contribution in [0.5, 0.6) is 0 Å². The minimum atomic E-state index is -0.857. The first-order valence-electron chi connectivity index (χ1n) is 4.95. The van der Waals surface area contributed by atoms with Crippen LogP contribution >= 0.6 is 11.8 Å². The maximum atomic E-state index is 9.77. The lowest BCUT2D eigenvalue weighted by Crippen LogP contribution is -2.32. The molecule has 86 valence electrons. The highest BCUT2D eigenvalue weighted by atomic mass is 32.2. The molecule has 5 nitrogen and oxygen atoms in total. The van der Waals surface area contributed by atoms with Gasteiger partial charge < -0.3 is 20.2 Å². The summed E-state index contributed by atoms with van der Waals surface area (Å²) in [4.78, 5) is 6.25. The highest BCUT2D eigenvalue weighted by Crippen LogP contribution is 2.42. The molecule has 0 aromatic rings. The Bertz CT molecular complexity index is 285. The van der Waals surface area contributed by atoms with E-state index < -0.39 is 12.2 Å². The molecule has 6 heteroatoms. The van der Waals surface area contributed by atoms with E-state index in [0.29, 0.717) is 0 Å². The molecule has 0 bridgehead atoms. The van der Waals surface area contributed by atoms with Crippen molar-refractivity contribution in [3.05, 3.63) is 0 Å². The fraction of sp³-hybridized carbons (Fsp3) is 0.889. The average Bonchev–Trinajstić information content (AvgIpc) is 2.69. The van der Waals surface area contributed by atoms with Crippen LogP contribution in [0.4, 0.5) is 0 Å². The van der Waals surface area contributed by atoms with Gasteiger partial charge in [0.25, 0.3) is 0 Å². The van der Waals surface area contributed by atoms with Gasteiger partial charge in [0.1, 0.15) is 6.10 Å². The minimum absolute atomic E-state index is 0.00241. The third kappa shape index (κ3) is 1.65. The van der Waals surface area contributed by atoms with Crippen molar-refractivity contribution < 1.29 is 15.3 Å². The van der Waals surface area contributed by atoms with E-state index in [-0.39, 0.29) is 23.8 Å². The molecule has 0 amide bonds. The van der Waals surface area contributed by atoms with Crippen molar-refractivity contribution >= 4 is 16.9 Å². The summed E-state index contributed by atoms with van der Waals surface area (Å²) >= 11 is 1.53. The van der Waals surface area contributed by atoms with Crippen molar-refractivity contribution in [1.82, 2.24) is 4.90 Å². The summed E-state index contributed by atoms with van der Waals surface area (Å²) in [6.45, 7) is -0.109. The summed E-state index contributed by atoms with van der Waals surface area (Å²) in [5, 5.41) is 29.5. The lowest BCUT2D eigenvalue weighted by molar-refractivity contribution is 0.00324. The Labute approximate surface area is 92.8 Å². The molecule has 2 unspecified atom stereocenters. The molecule has 1 aliphatic heterocycles. The van der Waals surface area contributed by atoms with E-state index in [0.717, 1.165) is 5.17 Å². The highest BCUT2D eigenvalue weighted by Gasteiger charge is 2.53. The van der Waals surface area contributed by atoms with Gasteiger partial charge in [0, 0.05) is 31.9 Å². The molecule has 2 aliphatic rings. The van der Waals surface area contributed by atoms with Crippen LogP contribution in [0.25, 0.3) is 0 Å². The number of hydrogen-bond acceptors (Lipinski definition) is 6. The van der Waals surface area contributed by atoms with Gasteiger partial charge >= 0.3 is 0 Å². The van der Waals surface area contributed by atoms with Gasteiger partial charge in [-0.15, -0.1) is 0 Å². The third-order valence-electron chi connectivity index (χ3n) is 2.99. The van der Waals surface area contributed by atoms with Gasteiger partial charge in [-0.1, -0.05) is 11.8 Å². The molecule has 15 heavy (non-hydrogen) atoms. The van der Waals surface area contributed by atoms with Crippen LogP contribution in [-0.4, -0.2) is 69.6 Å². The number of amidine groups is 1. The molecule has 2 rings (SSSR count). The Morgan fingerprint density at radius 3 is 2.53 bits per heavy atom. The largest absolute Gasteiger partial charge is 0.396 e. The number of aliphatic imine (C=N–C) groups is 1. The summed E-state index contributed by atoms with van der Waals surface area (Å²) in [6, 6.07) is -0.278. The van der Waals surface area contributed by atoms with Crippen LogP contribution in [0.3, 0.4) is 0 Å². The van der Waals surface area contributed by atoms with Crippen LogP contribution in [0.2, 0.25) is 0 Å². The van der Waals surface area contributed by atoms with Gasteiger partial charge in [0.05, 0.1) is 12.1 Å². The van der Waals surface area contributed by atoms with Crippen LogP contribution in [0.1, 0.15) is 0 Å². The normalized spacial score (nSPS) is 44.1. The van der Waals surface area contributed by atoms with E-state index in [4.69, 9.17) is 0 Å². The maximum absolute atomic E-state index is 9.77. The van der Waals surface area contributed by atoms with E-state index >= 15 is 0 Å². The Hall–Kier alpha value is -0.300. The zero-order chi connectivity index (χ0) is 11.2. The predicted molar refractivity (Wildman–Crippen MR) is 58.9 cm³/mol. The van der Waals surface area contributed by atoms with Crippen molar-refractivity contribution in [2.24, 2.45) is 10.9 Å². The number of fused-ring (bicyclic) bond motifs is 1. The zero-order valence-corrected chi connectivity index (χ0v) is 9.55. The van der Waals surface area contributed by atoms with E-state index in [1.54, 1.807) is 0 Å². The first-order valence-corrected chi connectivity index (χ1v) is 5.83. The summed E-state index contributed by atoms with van der Waals surface area (Å²) in [5.41, 5.74) is 0. The number of hydrogen-bond donors (Lipinski definition) is 3.